The number of primary amides is 1. The monoisotopic (exact) mass is 302 g/mol. The van der Waals surface area contributed by atoms with Crippen molar-refractivity contribution in [3.05, 3.63) is 62.4 Å². The summed E-state index contributed by atoms with van der Waals surface area (Å²) < 4.78 is 2.00. The van der Waals surface area contributed by atoms with Gasteiger partial charge in [-0.15, -0.1) is 0 Å². The summed E-state index contributed by atoms with van der Waals surface area (Å²) in [6, 6.07) is 5.89. The molecule has 114 valence electrons. The van der Waals surface area contributed by atoms with Gasteiger partial charge in [-0.25, -0.2) is 4.79 Å². The van der Waals surface area contributed by atoms with Crippen LogP contribution in [-0.2, 0) is 14.1 Å². The van der Waals surface area contributed by atoms with Gasteiger partial charge in [0.25, 0.3) is 11.5 Å². The molecule has 2 aromatic rings. The molecule has 2 amide bonds. The minimum Gasteiger partial charge on any atom is -0.366 e. The number of anilines is 1. The molecule has 0 saturated carbocycles. The third-order valence-electron chi connectivity index (χ3n) is 3.12. The normalized spacial score (nSPS) is 10.3. The van der Waals surface area contributed by atoms with Gasteiger partial charge in [-0.3, -0.25) is 19.0 Å². The number of carbonyl (C=O) groups is 2. The van der Waals surface area contributed by atoms with E-state index in [1.54, 1.807) is 0 Å². The molecule has 0 radical (unpaired) electrons. The van der Waals surface area contributed by atoms with Crippen LogP contribution in [0.1, 0.15) is 20.7 Å². The van der Waals surface area contributed by atoms with Crippen LogP contribution in [0.3, 0.4) is 0 Å². The van der Waals surface area contributed by atoms with Crippen molar-refractivity contribution in [1.82, 2.24) is 9.13 Å². The zero-order valence-corrected chi connectivity index (χ0v) is 12.0. The predicted molar refractivity (Wildman–Crippen MR) is 79.8 cm³/mol. The summed E-state index contributed by atoms with van der Waals surface area (Å²) in [5.41, 5.74) is 4.45. The van der Waals surface area contributed by atoms with Crippen LogP contribution in [0.15, 0.2) is 40.1 Å². The summed E-state index contributed by atoms with van der Waals surface area (Å²) in [7, 11) is 2.74. The standard InChI is InChI=1S/C14H14N4O4/c1-17-7-10(13(21)18(2)14(17)22)12(20)16-9-5-3-8(4-6-9)11(15)19/h3-7H,1-2H3,(H2,15,19)(H,16,20). The highest BCUT2D eigenvalue weighted by molar-refractivity contribution is 6.04. The van der Waals surface area contributed by atoms with Crippen molar-refractivity contribution in [3.8, 4) is 0 Å². The van der Waals surface area contributed by atoms with Gasteiger partial charge in [-0.05, 0) is 24.3 Å². The van der Waals surface area contributed by atoms with Gasteiger partial charge in [0.15, 0.2) is 0 Å². The number of hydrogen-bond donors (Lipinski definition) is 2. The number of carbonyl (C=O) groups excluding carboxylic acids is 2. The SMILES string of the molecule is Cn1cc(C(=O)Nc2ccc(C(N)=O)cc2)c(=O)n(C)c1=O. The van der Waals surface area contributed by atoms with E-state index < -0.39 is 23.1 Å². The Morgan fingerprint density at radius 1 is 1.09 bits per heavy atom. The number of aromatic nitrogens is 2. The lowest BCUT2D eigenvalue weighted by molar-refractivity contribution is 0.0998. The molecule has 8 heteroatoms. The largest absolute Gasteiger partial charge is 0.366 e. The van der Waals surface area contributed by atoms with Crippen molar-refractivity contribution in [3.63, 3.8) is 0 Å². The highest BCUT2D eigenvalue weighted by Crippen LogP contribution is 2.10. The number of aryl methyl sites for hydroxylation is 1. The molecule has 0 aliphatic rings. The first kappa shape index (κ1) is 15.2. The average molecular weight is 302 g/mol. The van der Waals surface area contributed by atoms with E-state index in [-0.39, 0.29) is 5.56 Å². The molecule has 0 fully saturated rings. The zero-order chi connectivity index (χ0) is 16.4. The number of rotatable bonds is 3. The fourth-order valence-electron chi connectivity index (χ4n) is 1.88. The highest BCUT2D eigenvalue weighted by atomic mass is 16.2. The third kappa shape index (κ3) is 2.80. The Hall–Kier alpha value is -3.16. The maximum Gasteiger partial charge on any atom is 0.330 e. The lowest BCUT2D eigenvalue weighted by atomic mass is 10.2. The third-order valence-corrected chi connectivity index (χ3v) is 3.12. The van der Waals surface area contributed by atoms with Crippen LogP contribution in [0.2, 0.25) is 0 Å². The smallest absolute Gasteiger partial charge is 0.330 e. The van der Waals surface area contributed by atoms with Crippen LogP contribution in [0, 0.1) is 0 Å². The fourth-order valence-corrected chi connectivity index (χ4v) is 1.88. The Balaban J connectivity index is 2.32. The fraction of sp³-hybridized carbons (Fsp3) is 0.143. The van der Waals surface area contributed by atoms with Crippen molar-refractivity contribution in [1.29, 1.82) is 0 Å². The van der Waals surface area contributed by atoms with Gasteiger partial charge < -0.3 is 15.6 Å². The lowest BCUT2D eigenvalue weighted by Crippen LogP contribution is -2.40. The summed E-state index contributed by atoms with van der Waals surface area (Å²) in [4.78, 5) is 46.6. The first-order valence-corrected chi connectivity index (χ1v) is 6.29. The van der Waals surface area contributed by atoms with Crippen LogP contribution in [0.25, 0.3) is 0 Å². The second-order valence-corrected chi connectivity index (χ2v) is 4.70. The molecular formula is C14H14N4O4. The van der Waals surface area contributed by atoms with Crippen molar-refractivity contribution in [2.24, 2.45) is 19.8 Å². The number of nitrogens with zero attached hydrogens (tertiary/aromatic N) is 2. The van der Waals surface area contributed by atoms with E-state index in [1.807, 2.05) is 0 Å². The van der Waals surface area contributed by atoms with Gasteiger partial charge in [0.2, 0.25) is 5.91 Å². The molecule has 1 aromatic carbocycles. The Morgan fingerprint density at radius 3 is 2.23 bits per heavy atom. The summed E-state index contributed by atoms with van der Waals surface area (Å²) in [5, 5.41) is 2.52. The number of nitrogens with one attached hydrogen (secondary N) is 1. The Labute approximate surface area is 124 Å². The van der Waals surface area contributed by atoms with Gasteiger partial charge in [0.05, 0.1) is 0 Å². The number of amides is 2. The quantitative estimate of drug-likeness (QED) is 0.790. The molecule has 22 heavy (non-hydrogen) atoms. The molecule has 3 N–H and O–H groups in total. The van der Waals surface area contributed by atoms with Gasteiger partial charge in [-0.2, -0.15) is 0 Å². The van der Waals surface area contributed by atoms with E-state index in [0.717, 1.165) is 9.13 Å². The molecule has 0 atom stereocenters. The lowest BCUT2D eigenvalue weighted by Gasteiger charge is -2.08. The molecule has 0 spiro atoms. The second-order valence-electron chi connectivity index (χ2n) is 4.70. The van der Waals surface area contributed by atoms with Crippen molar-refractivity contribution in [2.75, 3.05) is 5.32 Å². The molecule has 1 heterocycles. The molecule has 2 rings (SSSR count). The summed E-state index contributed by atoms with van der Waals surface area (Å²) >= 11 is 0. The minimum absolute atomic E-state index is 0.163. The molecule has 0 aliphatic heterocycles. The molecule has 1 aromatic heterocycles. The molecule has 0 unspecified atom stereocenters. The number of hydrogen-bond acceptors (Lipinski definition) is 4. The Bertz CT molecular complexity index is 862. The molecule has 0 bridgehead atoms. The van der Waals surface area contributed by atoms with E-state index in [4.69, 9.17) is 5.73 Å². The summed E-state index contributed by atoms with van der Waals surface area (Å²) in [6.45, 7) is 0. The van der Waals surface area contributed by atoms with Crippen LogP contribution in [0.5, 0.6) is 0 Å². The van der Waals surface area contributed by atoms with Crippen LogP contribution in [-0.4, -0.2) is 20.9 Å². The van der Waals surface area contributed by atoms with Gasteiger partial charge in [0, 0.05) is 31.5 Å². The summed E-state index contributed by atoms with van der Waals surface area (Å²) in [6.07, 6.45) is 1.18. The number of benzene rings is 1. The van der Waals surface area contributed by atoms with Crippen molar-refractivity contribution < 1.29 is 9.59 Å². The van der Waals surface area contributed by atoms with Gasteiger partial charge in [-0.1, -0.05) is 0 Å². The summed E-state index contributed by atoms with van der Waals surface area (Å²) in [5.74, 6) is -1.23. The van der Waals surface area contributed by atoms with Crippen molar-refractivity contribution >= 4 is 17.5 Å². The topological polar surface area (TPSA) is 116 Å². The first-order valence-electron chi connectivity index (χ1n) is 6.29. The predicted octanol–water partition coefficient (Wildman–Crippen LogP) is -0.565. The van der Waals surface area contributed by atoms with Gasteiger partial charge in [0.1, 0.15) is 5.56 Å². The van der Waals surface area contributed by atoms with E-state index in [1.165, 1.54) is 44.6 Å². The molecule has 8 nitrogen and oxygen atoms in total. The number of nitrogens with two attached hydrogens (primary N) is 1. The van der Waals surface area contributed by atoms with E-state index in [2.05, 4.69) is 5.32 Å². The molecule has 0 aliphatic carbocycles. The van der Waals surface area contributed by atoms with Crippen LogP contribution < -0.4 is 22.3 Å². The molecular weight excluding hydrogens is 288 g/mol. The van der Waals surface area contributed by atoms with Crippen LogP contribution >= 0.6 is 0 Å². The maximum absolute atomic E-state index is 12.1. The van der Waals surface area contributed by atoms with E-state index in [9.17, 15) is 19.2 Å². The first-order chi connectivity index (χ1) is 10.3. The highest BCUT2D eigenvalue weighted by Gasteiger charge is 2.15. The Kier molecular flexibility index (Phi) is 3.93. The zero-order valence-electron chi connectivity index (χ0n) is 12.0. The minimum atomic E-state index is -0.686. The molecule has 0 saturated heterocycles. The Morgan fingerprint density at radius 2 is 1.68 bits per heavy atom. The second kappa shape index (κ2) is 5.68. The maximum atomic E-state index is 12.1. The van der Waals surface area contributed by atoms with Crippen LogP contribution in [0.4, 0.5) is 5.69 Å². The average Bonchev–Trinajstić information content (AvgIpc) is 2.49. The van der Waals surface area contributed by atoms with E-state index >= 15 is 0 Å². The van der Waals surface area contributed by atoms with Gasteiger partial charge >= 0.3 is 5.69 Å². The van der Waals surface area contributed by atoms with E-state index in [0.29, 0.717) is 11.3 Å². The van der Waals surface area contributed by atoms with Crippen molar-refractivity contribution in [2.45, 2.75) is 0 Å².